The van der Waals surface area contributed by atoms with E-state index >= 15 is 0 Å². The van der Waals surface area contributed by atoms with Gasteiger partial charge in [-0.2, -0.15) is 0 Å². The van der Waals surface area contributed by atoms with E-state index in [4.69, 9.17) is 5.73 Å². The Hall–Kier alpha value is -0.570. The summed E-state index contributed by atoms with van der Waals surface area (Å²) in [5.74, 6) is 0.669. The lowest BCUT2D eigenvalue weighted by molar-refractivity contribution is -0.122. The largest absolute Gasteiger partial charge is 0.354 e. The van der Waals surface area contributed by atoms with Crippen molar-refractivity contribution >= 4 is 5.91 Å². The van der Waals surface area contributed by atoms with E-state index < -0.39 is 0 Å². The summed E-state index contributed by atoms with van der Waals surface area (Å²) in [6.07, 6.45) is 6.52. The van der Waals surface area contributed by atoms with Crippen LogP contribution in [0.25, 0.3) is 0 Å². The van der Waals surface area contributed by atoms with E-state index in [9.17, 15) is 4.79 Å². The van der Waals surface area contributed by atoms with Crippen LogP contribution in [-0.4, -0.2) is 18.5 Å². The Morgan fingerprint density at radius 2 is 2.08 bits per heavy atom. The molecule has 0 saturated heterocycles. The highest BCUT2D eigenvalue weighted by molar-refractivity contribution is 5.80. The molecule has 76 valence electrons. The van der Waals surface area contributed by atoms with Crippen LogP contribution in [0.3, 0.4) is 0 Å². The SMILES string of the molecule is CC(N)C(=O)NCC1CCCCC1. The van der Waals surface area contributed by atoms with Crippen molar-refractivity contribution in [3.63, 3.8) is 0 Å². The van der Waals surface area contributed by atoms with Crippen molar-refractivity contribution < 1.29 is 4.79 Å². The van der Waals surface area contributed by atoms with Gasteiger partial charge in [0.1, 0.15) is 0 Å². The predicted octanol–water partition coefficient (Wildman–Crippen LogP) is 1.03. The quantitative estimate of drug-likeness (QED) is 0.688. The van der Waals surface area contributed by atoms with Crippen LogP contribution in [0, 0.1) is 5.92 Å². The van der Waals surface area contributed by atoms with Crippen molar-refractivity contribution in [2.24, 2.45) is 11.7 Å². The summed E-state index contributed by atoms with van der Waals surface area (Å²) in [6.45, 7) is 2.54. The zero-order valence-electron chi connectivity index (χ0n) is 8.38. The first-order valence-corrected chi connectivity index (χ1v) is 5.23. The number of amides is 1. The fraction of sp³-hybridized carbons (Fsp3) is 0.900. The molecule has 3 heteroatoms. The molecule has 0 aromatic heterocycles. The molecule has 0 spiro atoms. The van der Waals surface area contributed by atoms with Gasteiger partial charge in [0.2, 0.25) is 5.91 Å². The fourth-order valence-electron chi connectivity index (χ4n) is 1.80. The van der Waals surface area contributed by atoms with Gasteiger partial charge in [-0.15, -0.1) is 0 Å². The summed E-state index contributed by atoms with van der Waals surface area (Å²) in [5, 5.41) is 2.89. The van der Waals surface area contributed by atoms with Crippen LogP contribution in [0.4, 0.5) is 0 Å². The van der Waals surface area contributed by atoms with Gasteiger partial charge in [0.15, 0.2) is 0 Å². The second kappa shape index (κ2) is 5.22. The van der Waals surface area contributed by atoms with Gasteiger partial charge in [-0.25, -0.2) is 0 Å². The van der Waals surface area contributed by atoms with Gasteiger partial charge in [-0.3, -0.25) is 4.79 Å². The molecule has 1 rings (SSSR count). The Bertz CT molecular complexity index is 162. The molecule has 1 atom stereocenters. The normalized spacial score (nSPS) is 21.1. The molecule has 1 aliphatic rings. The number of nitrogens with two attached hydrogens (primary N) is 1. The molecule has 0 aromatic rings. The summed E-state index contributed by atoms with van der Waals surface area (Å²) >= 11 is 0. The minimum Gasteiger partial charge on any atom is -0.354 e. The van der Waals surface area contributed by atoms with Gasteiger partial charge in [-0.1, -0.05) is 19.3 Å². The maximum Gasteiger partial charge on any atom is 0.236 e. The Balaban J connectivity index is 2.13. The van der Waals surface area contributed by atoms with Crippen molar-refractivity contribution in [3.05, 3.63) is 0 Å². The lowest BCUT2D eigenvalue weighted by atomic mass is 9.89. The fourth-order valence-corrected chi connectivity index (χ4v) is 1.80. The van der Waals surface area contributed by atoms with Crippen molar-refractivity contribution in [3.8, 4) is 0 Å². The lowest BCUT2D eigenvalue weighted by Gasteiger charge is -2.22. The Labute approximate surface area is 80.1 Å². The molecule has 0 bridgehead atoms. The van der Waals surface area contributed by atoms with E-state index in [0.717, 1.165) is 6.54 Å². The second-order valence-electron chi connectivity index (χ2n) is 4.04. The number of carbonyl (C=O) groups is 1. The molecule has 13 heavy (non-hydrogen) atoms. The number of hydrogen-bond donors (Lipinski definition) is 2. The van der Waals surface area contributed by atoms with Crippen LogP contribution in [0.2, 0.25) is 0 Å². The van der Waals surface area contributed by atoms with Crippen molar-refractivity contribution in [2.75, 3.05) is 6.54 Å². The van der Waals surface area contributed by atoms with Crippen LogP contribution in [0.5, 0.6) is 0 Å². The third-order valence-electron chi connectivity index (χ3n) is 2.70. The van der Waals surface area contributed by atoms with E-state index in [1.807, 2.05) is 0 Å². The number of nitrogens with one attached hydrogen (secondary N) is 1. The molecule has 1 amide bonds. The zero-order valence-corrected chi connectivity index (χ0v) is 8.38. The first kappa shape index (κ1) is 10.5. The molecule has 3 N–H and O–H groups in total. The summed E-state index contributed by atoms with van der Waals surface area (Å²) in [6, 6.07) is -0.372. The smallest absolute Gasteiger partial charge is 0.236 e. The average Bonchev–Trinajstić information content (AvgIpc) is 2.15. The Kier molecular flexibility index (Phi) is 4.22. The van der Waals surface area contributed by atoms with Crippen LogP contribution in [0.15, 0.2) is 0 Å². The number of carbonyl (C=O) groups excluding carboxylic acids is 1. The summed E-state index contributed by atoms with van der Waals surface area (Å²) in [5.41, 5.74) is 5.44. The predicted molar refractivity (Wildman–Crippen MR) is 53.2 cm³/mol. The summed E-state index contributed by atoms with van der Waals surface area (Å²) < 4.78 is 0. The van der Waals surface area contributed by atoms with Crippen LogP contribution < -0.4 is 11.1 Å². The van der Waals surface area contributed by atoms with E-state index in [0.29, 0.717) is 5.92 Å². The van der Waals surface area contributed by atoms with Gasteiger partial charge >= 0.3 is 0 Å². The Morgan fingerprint density at radius 3 is 2.62 bits per heavy atom. The van der Waals surface area contributed by atoms with E-state index in [-0.39, 0.29) is 11.9 Å². The standard InChI is InChI=1S/C10H20N2O/c1-8(11)10(13)12-7-9-5-3-2-4-6-9/h8-9H,2-7,11H2,1H3,(H,12,13). The lowest BCUT2D eigenvalue weighted by Crippen LogP contribution is -2.40. The van der Waals surface area contributed by atoms with E-state index in [2.05, 4.69) is 5.32 Å². The third-order valence-corrected chi connectivity index (χ3v) is 2.70. The average molecular weight is 184 g/mol. The maximum absolute atomic E-state index is 11.1. The summed E-state index contributed by atoms with van der Waals surface area (Å²) in [7, 11) is 0. The molecule has 0 heterocycles. The molecular formula is C10H20N2O. The molecule has 1 saturated carbocycles. The van der Waals surface area contributed by atoms with E-state index in [1.165, 1.54) is 32.1 Å². The summed E-state index contributed by atoms with van der Waals surface area (Å²) in [4.78, 5) is 11.1. The topological polar surface area (TPSA) is 55.1 Å². The molecule has 1 unspecified atom stereocenters. The molecule has 3 nitrogen and oxygen atoms in total. The molecule has 1 aliphatic carbocycles. The number of hydrogen-bond acceptors (Lipinski definition) is 2. The molecular weight excluding hydrogens is 164 g/mol. The first-order chi connectivity index (χ1) is 6.20. The highest BCUT2D eigenvalue weighted by atomic mass is 16.2. The molecule has 1 fully saturated rings. The van der Waals surface area contributed by atoms with Crippen molar-refractivity contribution in [1.29, 1.82) is 0 Å². The van der Waals surface area contributed by atoms with Gasteiger partial charge < -0.3 is 11.1 Å². The van der Waals surface area contributed by atoms with Crippen LogP contribution in [0.1, 0.15) is 39.0 Å². The van der Waals surface area contributed by atoms with Crippen LogP contribution >= 0.6 is 0 Å². The van der Waals surface area contributed by atoms with Gasteiger partial charge in [0.05, 0.1) is 6.04 Å². The Morgan fingerprint density at radius 1 is 1.46 bits per heavy atom. The highest BCUT2D eigenvalue weighted by Crippen LogP contribution is 2.22. The number of rotatable bonds is 3. The van der Waals surface area contributed by atoms with E-state index in [1.54, 1.807) is 6.92 Å². The van der Waals surface area contributed by atoms with Gasteiger partial charge in [0, 0.05) is 6.54 Å². The van der Waals surface area contributed by atoms with Gasteiger partial charge in [-0.05, 0) is 25.7 Å². The monoisotopic (exact) mass is 184 g/mol. The second-order valence-corrected chi connectivity index (χ2v) is 4.04. The molecule has 0 aromatic carbocycles. The minimum atomic E-state index is -0.372. The van der Waals surface area contributed by atoms with Crippen LogP contribution in [-0.2, 0) is 4.79 Å². The van der Waals surface area contributed by atoms with Gasteiger partial charge in [0.25, 0.3) is 0 Å². The molecule has 0 aliphatic heterocycles. The molecule has 0 radical (unpaired) electrons. The third kappa shape index (κ3) is 3.77. The first-order valence-electron chi connectivity index (χ1n) is 5.23. The zero-order chi connectivity index (χ0) is 9.68. The maximum atomic E-state index is 11.1. The highest BCUT2D eigenvalue weighted by Gasteiger charge is 2.15. The van der Waals surface area contributed by atoms with Crippen molar-refractivity contribution in [1.82, 2.24) is 5.32 Å². The van der Waals surface area contributed by atoms with Crippen molar-refractivity contribution in [2.45, 2.75) is 45.1 Å². The minimum absolute atomic E-state index is 0.0226.